The summed E-state index contributed by atoms with van der Waals surface area (Å²) in [4.78, 5) is 23.1. The Kier molecular flexibility index (Phi) is 5.11. The van der Waals surface area contributed by atoms with Crippen molar-refractivity contribution in [1.82, 2.24) is 5.32 Å². The van der Waals surface area contributed by atoms with Gasteiger partial charge in [-0.25, -0.2) is 0 Å². The third kappa shape index (κ3) is 4.05. The summed E-state index contributed by atoms with van der Waals surface area (Å²) in [5, 5.41) is 5.45. The lowest BCUT2D eigenvalue weighted by atomic mass is 10.1. The molecule has 0 unspecified atom stereocenters. The van der Waals surface area contributed by atoms with Gasteiger partial charge in [-0.1, -0.05) is 19.9 Å². The summed E-state index contributed by atoms with van der Waals surface area (Å²) in [6.45, 7) is 7.61. The summed E-state index contributed by atoms with van der Waals surface area (Å²) in [5.74, 6) is -0.268. The monoisotopic (exact) mass is 246 g/mol. The molecule has 0 spiro atoms. The van der Waals surface area contributed by atoms with Crippen LogP contribution in [0.15, 0.2) is 36.9 Å². The second kappa shape index (κ2) is 6.59. The first kappa shape index (κ1) is 14.0. The predicted molar refractivity (Wildman–Crippen MR) is 72.4 cm³/mol. The number of benzene rings is 1. The van der Waals surface area contributed by atoms with E-state index in [-0.39, 0.29) is 17.7 Å². The Morgan fingerprint density at radius 3 is 2.39 bits per heavy atom. The molecule has 4 heteroatoms. The van der Waals surface area contributed by atoms with Gasteiger partial charge in [0.25, 0.3) is 5.91 Å². The fourth-order valence-electron chi connectivity index (χ4n) is 1.26. The molecule has 1 aromatic rings. The van der Waals surface area contributed by atoms with E-state index in [4.69, 9.17) is 0 Å². The summed E-state index contributed by atoms with van der Waals surface area (Å²) in [7, 11) is 0. The van der Waals surface area contributed by atoms with Crippen molar-refractivity contribution in [2.24, 2.45) is 5.92 Å². The summed E-state index contributed by atoms with van der Waals surface area (Å²) in [6, 6.07) is 6.77. The van der Waals surface area contributed by atoms with Gasteiger partial charge in [0.1, 0.15) is 0 Å². The maximum Gasteiger partial charge on any atom is 0.251 e. The predicted octanol–water partition coefficient (Wildman–Crippen LogP) is 2.20. The third-order valence-electron chi connectivity index (χ3n) is 2.35. The molecule has 0 aliphatic rings. The van der Waals surface area contributed by atoms with Crippen molar-refractivity contribution in [3.05, 3.63) is 42.5 Å². The molecule has 2 amide bonds. The van der Waals surface area contributed by atoms with Gasteiger partial charge in [-0.15, -0.1) is 6.58 Å². The van der Waals surface area contributed by atoms with Crippen LogP contribution in [0, 0.1) is 5.92 Å². The van der Waals surface area contributed by atoms with Gasteiger partial charge < -0.3 is 10.6 Å². The van der Waals surface area contributed by atoms with E-state index >= 15 is 0 Å². The van der Waals surface area contributed by atoms with Gasteiger partial charge in [-0.2, -0.15) is 0 Å². The first-order valence-corrected chi connectivity index (χ1v) is 5.84. The van der Waals surface area contributed by atoms with E-state index in [0.29, 0.717) is 17.8 Å². The topological polar surface area (TPSA) is 58.2 Å². The number of hydrogen-bond donors (Lipinski definition) is 2. The van der Waals surface area contributed by atoms with Crippen LogP contribution in [-0.4, -0.2) is 18.4 Å². The first-order valence-electron chi connectivity index (χ1n) is 5.84. The van der Waals surface area contributed by atoms with Crippen molar-refractivity contribution < 1.29 is 9.59 Å². The minimum Gasteiger partial charge on any atom is -0.349 e. The minimum absolute atomic E-state index is 0.0427. The largest absolute Gasteiger partial charge is 0.349 e. The quantitative estimate of drug-likeness (QED) is 0.782. The van der Waals surface area contributed by atoms with Crippen LogP contribution >= 0.6 is 0 Å². The zero-order valence-corrected chi connectivity index (χ0v) is 10.7. The number of amides is 2. The van der Waals surface area contributed by atoms with Crippen LogP contribution in [0.1, 0.15) is 24.2 Å². The van der Waals surface area contributed by atoms with E-state index in [1.807, 2.05) is 13.8 Å². The van der Waals surface area contributed by atoms with Crippen LogP contribution in [-0.2, 0) is 4.79 Å². The molecule has 1 rings (SSSR count). The van der Waals surface area contributed by atoms with Crippen LogP contribution < -0.4 is 10.6 Å². The molecule has 0 fully saturated rings. The first-order chi connectivity index (χ1) is 8.54. The Hall–Kier alpha value is -2.10. The second-order valence-electron chi connectivity index (χ2n) is 4.22. The van der Waals surface area contributed by atoms with E-state index in [9.17, 15) is 9.59 Å². The van der Waals surface area contributed by atoms with Crippen LogP contribution in [0.3, 0.4) is 0 Å². The van der Waals surface area contributed by atoms with Gasteiger partial charge in [-0.3, -0.25) is 9.59 Å². The highest BCUT2D eigenvalue weighted by Crippen LogP contribution is 2.10. The fourth-order valence-corrected chi connectivity index (χ4v) is 1.26. The minimum atomic E-state index is -0.156. The molecule has 0 aliphatic heterocycles. The zero-order chi connectivity index (χ0) is 13.5. The lowest BCUT2D eigenvalue weighted by Gasteiger charge is -2.08. The SMILES string of the molecule is C=CCNC(=O)c1ccc(NC(=O)C(C)C)cc1. The van der Waals surface area contributed by atoms with E-state index in [2.05, 4.69) is 17.2 Å². The summed E-state index contributed by atoms with van der Waals surface area (Å²) >= 11 is 0. The molecule has 18 heavy (non-hydrogen) atoms. The second-order valence-corrected chi connectivity index (χ2v) is 4.22. The zero-order valence-electron chi connectivity index (χ0n) is 10.7. The Morgan fingerprint density at radius 1 is 1.28 bits per heavy atom. The molecule has 0 saturated carbocycles. The molecule has 0 aliphatic carbocycles. The maximum absolute atomic E-state index is 11.6. The molecular formula is C14H18N2O2. The number of carbonyl (C=O) groups excluding carboxylic acids is 2. The molecule has 0 atom stereocenters. The van der Waals surface area contributed by atoms with Gasteiger partial charge in [0, 0.05) is 23.7 Å². The molecule has 4 nitrogen and oxygen atoms in total. The van der Waals surface area contributed by atoms with Crippen LogP contribution in [0.2, 0.25) is 0 Å². The van der Waals surface area contributed by atoms with Crippen molar-refractivity contribution >= 4 is 17.5 Å². The van der Waals surface area contributed by atoms with E-state index in [0.717, 1.165) is 0 Å². The van der Waals surface area contributed by atoms with Crippen molar-refractivity contribution in [3.8, 4) is 0 Å². The van der Waals surface area contributed by atoms with Crippen molar-refractivity contribution in [3.63, 3.8) is 0 Å². The molecule has 0 radical (unpaired) electrons. The van der Waals surface area contributed by atoms with Crippen molar-refractivity contribution in [1.29, 1.82) is 0 Å². The Balaban J connectivity index is 2.65. The van der Waals surface area contributed by atoms with Gasteiger partial charge in [0.05, 0.1) is 0 Å². The lowest BCUT2D eigenvalue weighted by molar-refractivity contribution is -0.118. The van der Waals surface area contributed by atoms with Gasteiger partial charge in [0.2, 0.25) is 5.91 Å². The average molecular weight is 246 g/mol. The van der Waals surface area contributed by atoms with Gasteiger partial charge in [-0.05, 0) is 24.3 Å². The maximum atomic E-state index is 11.6. The summed E-state index contributed by atoms with van der Waals surface area (Å²) in [6.07, 6.45) is 1.62. The van der Waals surface area contributed by atoms with E-state index < -0.39 is 0 Å². The molecular weight excluding hydrogens is 228 g/mol. The van der Waals surface area contributed by atoms with Crippen LogP contribution in [0.25, 0.3) is 0 Å². The van der Waals surface area contributed by atoms with Crippen molar-refractivity contribution in [2.75, 3.05) is 11.9 Å². The standard InChI is InChI=1S/C14H18N2O2/c1-4-9-15-14(18)11-5-7-12(8-6-11)16-13(17)10(2)3/h4-8,10H,1,9H2,2-3H3,(H,15,18)(H,16,17). The lowest BCUT2D eigenvalue weighted by Crippen LogP contribution is -2.23. The molecule has 2 N–H and O–H groups in total. The summed E-state index contributed by atoms with van der Waals surface area (Å²) < 4.78 is 0. The fraction of sp³-hybridized carbons (Fsp3) is 0.286. The molecule has 0 bridgehead atoms. The van der Waals surface area contributed by atoms with E-state index in [1.165, 1.54) is 0 Å². The Labute approximate surface area is 107 Å². The molecule has 0 aromatic heterocycles. The van der Waals surface area contributed by atoms with Crippen LogP contribution in [0.5, 0.6) is 0 Å². The highest BCUT2D eigenvalue weighted by atomic mass is 16.2. The number of rotatable bonds is 5. The Morgan fingerprint density at radius 2 is 1.89 bits per heavy atom. The molecule has 96 valence electrons. The number of anilines is 1. The van der Waals surface area contributed by atoms with Gasteiger partial charge in [0.15, 0.2) is 0 Å². The highest BCUT2D eigenvalue weighted by Gasteiger charge is 2.08. The van der Waals surface area contributed by atoms with Gasteiger partial charge >= 0.3 is 0 Å². The average Bonchev–Trinajstić information content (AvgIpc) is 2.36. The Bertz CT molecular complexity index is 436. The van der Waals surface area contributed by atoms with Crippen LogP contribution in [0.4, 0.5) is 5.69 Å². The highest BCUT2D eigenvalue weighted by molar-refractivity contribution is 5.96. The molecule has 0 saturated heterocycles. The van der Waals surface area contributed by atoms with E-state index in [1.54, 1.807) is 30.3 Å². The number of carbonyl (C=O) groups is 2. The number of hydrogen-bond acceptors (Lipinski definition) is 2. The summed E-state index contributed by atoms with van der Waals surface area (Å²) in [5.41, 5.74) is 1.24. The van der Waals surface area contributed by atoms with Crippen molar-refractivity contribution in [2.45, 2.75) is 13.8 Å². The number of nitrogens with one attached hydrogen (secondary N) is 2. The molecule has 0 heterocycles. The smallest absolute Gasteiger partial charge is 0.251 e. The third-order valence-corrected chi connectivity index (χ3v) is 2.35. The molecule has 1 aromatic carbocycles. The normalized spacial score (nSPS) is 9.94.